The zero-order valence-electron chi connectivity index (χ0n) is 15.2. The van der Waals surface area contributed by atoms with Crippen molar-refractivity contribution in [1.29, 1.82) is 0 Å². The molecule has 4 rings (SSSR count). The molecule has 1 amide bonds. The van der Waals surface area contributed by atoms with Crippen LogP contribution in [0.4, 0.5) is 0 Å². The highest BCUT2D eigenvalue weighted by Gasteiger charge is 2.24. The predicted octanol–water partition coefficient (Wildman–Crippen LogP) is 2.46. The Labute approximate surface area is 169 Å². The summed E-state index contributed by atoms with van der Waals surface area (Å²) in [6.45, 7) is 0.629. The quantitative estimate of drug-likeness (QED) is 0.618. The predicted molar refractivity (Wildman–Crippen MR) is 108 cm³/mol. The SMILES string of the molecule is CN(CC1COc2ccccc2O1)C(=O)Cn1cnc2ccc(Br)cc2c1=O. The lowest BCUT2D eigenvalue weighted by molar-refractivity contribution is -0.132. The lowest BCUT2D eigenvalue weighted by Gasteiger charge is -2.29. The largest absolute Gasteiger partial charge is 0.486 e. The van der Waals surface area contributed by atoms with Crippen molar-refractivity contribution < 1.29 is 14.3 Å². The molecule has 0 radical (unpaired) electrons. The standard InChI is InChI=1S/C20H18BrN3O4/c1-23(9-14-11-27-17-4-2-3-5-18(17)28-14)19(25)10-24-12-22-16-7-6-13(21)8-15(16)20(24)26/h2-8,12,14H,9-11H2,1H3. The second kappa shape index (κ2) is 7.63. The van der Waals surface area contributed by atoms with Crippen LogP contribution in [0, 0.1) is 0 Å². The maximum atomic E-state index is 12.7. The van der Waals surface area contributed by atoms with Crippen molar-refractivity contribution in [2.24, 2.45) is 0 Å². The second-order valence-electron chi connectivity index (χ2n) is 6.61. The minimum Gasteiger partial charge on any atom is -0.486 e. The van der Waals surface area contributed by atoms with E-state index in [1.165, 1.54) is 10.9 Å². The van der Waals surface area contributed by atoms with Crippen molar-refractivity contribution in [3.63, 3.8) is 0 Å². The Kier molecular flexibility index (Phi) is 5.04. The minimum absolute atomic E-state index is 0.0883. The van der Waals surface area contributed by atoms with Gasteiger partial charge in [0.15, 0.2) is 17.6 Å². The molecule has 7 nitrogen and oxygen atoms in total. The molecule has 1 atom stereocenters. The number of rotatable bonds is 4. The Balaban J connectivity index is 1.44. The number of halogens is 1. The second-order valence-corrected chi connectivity index (χ2v) is 7.53. The first-order chi connectivity index (χ1) is 13.5. The highest BCUT2D eigenvalue weighted by atomic mass is 79.9. The Bertz CT molecular complexity index is 1100. The van der Waals surface area contributed by atoms with Gasteiger partial charge >= 0.3 is 0 Å². The van der Waals surface area contributed by atoms with E-state index in [2.05, 4.69) is 20.9 Å². The van der Waals surface area contributed by atoms with E-state index in [0.717, 1.165) is 4.47 Å². The van der Waals surface area contributed by atoms with Crippen molar-refractivity contribution in [2.75, 3.05) is 20.2 Å². The normalized spacial score (nSPS) is 15.4. The first kappa shape index (κ1) is 18.5. The van der Waals surface area contributed by atoms with E-state index >= 15 is 0 Å². The number of likely N-dealkylation sites (N-methyl/N-ethyl adjacent to an activating group) is 1. The molecule has 1 aromatic heterocycles. The molecule has 28 heavy (non-hydrogen) atoms. The molecule has 2 aromatic carbocycles. The number of amides is 1. The molecule has 1 unspecified atom stereocenters. The third-order valence-corrected chi connectivity index (χ3v) is 5.06. The van der Waals surface area contributed by atoms with Crippen LogP contribution in [-0.2, 0) is 11.3 Å². The van der Waals surface area contributed by atoms with Crippen LogP contribution in [0.5, 0.6) is 11.5 Å². The Morgan fingerprint density at radius 2 is 2.07 bits per heavy atom. The van der Waals surface area contributed by atoms with Gasteiger partial charge in [0.25, 0.3) is 5.56 Å². The van der Waals surface area contributed by atoms with Gasteiger partial charge < -0.3 is 14.4 Å². The number of fused-ring (bicyclic) bond motifs is 2. The minimum atomic E-state index is -0.272. The summed E-state index contributed by atoms with van der Waals surface area (Å²) in [7, 11) is 1.68. The van der Waals surface area contributed by atoms with E-state index in [1.807, 2.05) is 30.3 Å². The Hall–Kier alpha value is -2.87. The molecule has 1 aliphatic rings. The zero-order valence-corrected chi connectivity index (χ0v) is 16.8. The average molecular weight is 444 g/mol. The van der Waals surface area contributed by atoms with Crippen LogP contribution in [0.15, 0.2) is 58.1 Å². The molecular formula is C20H18BrN3O4. The van der Waals surface area contributed by atoms with Gasteiger partial charge in [0, 0.05) is 11.5 Å². The average Bonchev–Trinajstić information content (AvgIpc) is 2.70. The maximum Gasteiger partial charge on any atom is 0.261 e. The van der Waals surface area contributed by atoms with Crippen LogP contribution >= 0.6 is 15.9 Å². The molecule has 2 heterocycles. The molecule has 0 saturated carbocycles. The summed E-state index contributed by atoms with van der Waals surface area (Å²) in [6.07, 6.45) is 1.13. The number of nitrogens with zero attached hydrogens (tertiary/aromatic N) is 3. The Morgan fingerprint density at radius 3 is 2.89 bits per heavy atom. The maximum absolute atomic E-state index is 12.7. The van der Waals surface area contributed by atoms with Gasteiger partial charge in [-0.25, -0.2) is 4.98 Å². The van der Waals surface area contributed by atoms with Gasteiger partial charge in [0.2, 0.25) is 5.91 Å². The summed E-state index contributed by atoms with van der Waals surface area (Å²) in [5.41, 5.74) is 0.343. The smallest absolute Gasteiger partial charge is 0.261 e. The molecule has 0 aliphatic carbocycles. The molecule has 1 aliphatic heterocycles. The van der Waals surface area contributed by atoms with E-state index in [9.17, 15) is 9.59 Å². The van der Waals surface area contributed by atoms with E-state index in [4.69, 9.17) is 9.47 Å². The van der Waals surface area contributed by atoms with Crippen LogP contribution in [0.3, 0.4) is 0 Å². The fourth-order valence-electron chi connectivity index (χ4n) is 3.07. The van der Waals surface area contributed by atoms with E-state index in [1.54, 1.807) is 24.1 Å². The number of hydrogen-bond acceptors (Lipinski definition) is 5. The molecule has 144 valence electrons. The van der Waals surface area contributed by atoms with Gasteiger partial charge in [0.1, 0.15) is 13.2 Å². The molecule has 3 aromatic rings. The lowest BCUT2D eigenvalue weighted by Crippen LogP contribution is -2.43. The van der Waals surface area contributed by atoms with E-state index in [0.29, 0.717) is 35.6 Å². The number of ether oxygens (including phenoxy) is 2. The number of para-hydroxylation sites is 2. The number of hydrogen-bond donors (Lipinski definition) is 0. The summed E-state index contributed by atoms with van der Waals surface area (Å²) < 4.78 is 13.7. The summed E-state index contributed by atoms with van der Waals surface area (Å²) in [4.78, 5) is 31.1. The molecule has 0 fully saturated rings. The first-order valence-corrected chi connectivity index (χ1v) is 9.58. The van der Waals surface area contributed by atoms with Crippen molar-refractivity contribution in [3.05, 3.63) is 63.6 Å². The van der Waals surface area contributed by atoms with Gasteiger partial charge in [0.05, 0.1) is 23.8 Å². The third-order valence-electron chi connectivity index (χ3n) is 4.56. The van der Waals surface area contributed by atoms with Gasteiger partial charge in [-0.15, -0.1) is 0 Å². The summed E-state index contributed by atoms with van der Waals surface area (Å²) in [6, 6.07) is 12.7. The van der Waals surface area contributed by atoms with Crippen LogP contribution < -0.4 is 15.0 Å². The van der Waals surface area contributed by atoms with Gasteiger partial charge in [-0.2, -0.15) is 0 Å². The first-order valence-electron chi connectivity index (χ1n) is 8.78. The fourth-order valence-corrected chi connectivity index (χ4v) is 3.43. The van der Waals surface area contributed by atoms with Crippen LogP contribution in [0.1, 0.15) is 0 Å². The lowest BCUT2D eigenvalue weighted by atomic mass is 10.2. The summed E-state index contributed by atoms with van der Waals surface area (Å²) in [5.74, 6) is 1.16. The van der Waals surface area contributed by atoms with E-state index in [-0.39, 0.29) is 24.1 Å². The molecule has 0 N–H and O–H groups in total. The van der Waals surface area contributed by atoms with Gasteiger partial charge in [-0.3, -0.25) is 14.2 Å². The van der Waals surface area contributed by atoms with Crippen LogP contribution in [0.2, 0.25) is 0 Å². The number of aromatic nitrogens is 2. The van der Waals surface area contributed by atoms with Crippen molar-refractivity contribution >= 4 is 32.7 Å². The van der Waals surface area contributed by atoms with E-state index < -0.39 is 0 Å². The molecular weight excluding hydrogens is 426 g/mol. The van der Waals surface area contributed by atoms with Gasteiger partial charge in [-0.1, -0.05) is 28.1 Å². The van der Waals surface area contributed by atoms with Crippen molar-refractivity contribution in [2.45, 2.75) is 12.6 Å². The van der Waals surface area contributed by atoms with Gasteiger partial charge in [-0.05, 0) is 30.3 Å². The Morgan fingerprint density at radius 1 is 1.29 bits per heavy atom. The zero-order chi connectivity index (χ0) is 19.7. The topological polar surface area (TPSA) is 73.7 Å². The highest BCUT2D eigenvalue weighted by Crippen LogP contribution is 2.30. The molecule has 0 bridgehead atoms. The molecule has 0 saturated heterocycles. The van der Waals surface area contributed by atoms with Crippen LogP contribution in [0.25, 0.3) is 10.9 Å². The molecule has 8 heteroatoms. The van der Waals surface area contributed by atoms with Crippen molar-refractivity contribution in [3.8, 4) is 11.5 Å². The number of carbonyl (C=O) groups excluding carboxylic acids is 1. The summed E-state index contributed by atoms with van der Waals surface area (Å²) in [5, 5.41) is 0.466. The van der Waals surface area contributed by atoms with Crippen molar-refractivity contribution in [1.82, 2.24) is 14.5 Å². The summed E-state index contributed by atoms with van der Waals surface area (Å²) >= 11 is 3.36. The number of carbonyl (C=O) groups is 1. The van der Waals surface area contributed by atoms with Crippen LogP contribution in [-0.4, -0.2) is 46.7 Å². The monoisotopic (exact) mass is 443 g/mol. The number of benzene rings is 2. The fraction of sp³-hybridized carbons (Fsp3) is 0.250. The highest BCUT2D eigenvalue weighted by molar-refractivity contribution is 9.10. The molecule has 0 spiro atoms. The third kappa shape index (κ3) is 3.73.